The third-order valence-corrected chi connectivity index (χ3v) is 4.42. The van der Waals surface area contributed by atoms with Gasteiger partial charge in [0.25, 0.3) is 0 Å². The van der Waals surface area contributed by atoms with E-state index in [4.69, 9.17) is 9.84 Å². The van der Waals surface area contributed by atoms with Gasteiger partial charge in [0, 0.05) is 13.2 Å². The zero-order chi connectivity index (χ0) is 15.2. The number of aliphatic hydroxyl groups excluding tert-OH is 1. The number of aryl methyl sites for hydroxylation is 2. The van der Waals surface area contributed by atoms with Gasteiger partial charge in [0.15, 0.2) is 0 Å². The molecule has 0 amide bonds. The lowest BCUT2D eigenvalue weighted by molar-refractivity contribution is 0.289. The summed E-state index contributed by atoms with van der Waals surface area (Å²) in [6, 6.07) is 3.38. The Morgan fingerprint density at radius 1 is 1.25 bits per heavy atom. The zero-order valence-electron chi connectivity index (χ0n) is 12.3. The van der Waals surface area contributed by atoms with Crippen LogP contribution in [-0.4, -0.2) is 33.3 Å². The fourth-order valence-corrected chi connectivity index (χ4v) is 2.94. The maximum absolute atomic E-state index is 12.3. The SMILES string of the molecule is CCCOc1cc(C)c(C)cc1S(=O)(=O)NCCCO. The van der Waals surface area contributed by atoms with Crippen molar-refractivity contribution in [3.05, 3.63) is 23.3 Å². The number of aliphatic hydroxyl groups is 1. The average Bonchev–Trinajstić information content (AvgIpc) is 2.39. The van der Waals surface area contributed by atoms with Crippen LogP contribution >= 0.6 is 0 Å². The standard InChI is InChI=1S/C14H23NO4S/c1-4-8-19-13-9-11(2)12(3)10-14(13)20(17,18)15-6-5-7-16/h9-10,15-16H,4-8H2,1-3H3. The number of hydrogen-bond acceptors (Lipinski definition) is 4. The van der Waals surface area contributed by atoms with Gasteiger partial charge in [0.1, 0.15) is 10.6 Å². The fraction of sp³-hybridized carbons (Fsp3) is 0.571. The third-order valence-electron chi connectivity index (χ3n) is 2.94. The molecule has 0 aliphatic rings. The Bertz CT molecular complexity index is 540. The van der Waals surface area contributed by atoms with E-state index in [-0.39, 0.29) is 18.0 Å². The van der Waals surface area contributed by atoms with Gasteiger partial charge in [-0.25, -0.2) is 13.1 Å². The maximum atomic E-state index is 12.3. The molecule has 0 fully saturated rings. The highest BCUT2D eigenvalue weighted by Gasteiger charge is 2.20. The van der Waals surface area contributed by atoms with Crippen LogP contribution < -0.4 is 9.46 Å². The molecule has 0 bridgehead atoms. The van der Waals surface area contributed by atoms with Gasteiger partial charge in [-0.1, -0.05) is 6.92 Å². The lowest BCUT2D eigenvalue weighted by Gasteiger charge is -2.14. The van der Waals surface area contributed by atoms with Crippen LogP contribution in [0.3, 0.4) is 0 Å². The molecule has 0 heterocycles. The van der Waals surface area contributed by atoms with Gasteiger partial charge in [0.05, 0.1) is 6.61 Å². The minimum absolute atomic E-state index is 0.0470. The van der Waals surface area contributed by atoms with Crippen molar-refractivity contribution in [3.63, 3.8) is 0 Å². The first-order valence-corrected chi connectivity index (χ1v) is 8.25. The summed E-state index contributed by atoms with van der Waals surface area (Å²) in [7, 11) is -3.62. The van der Waals surface area contributed by atoms with E-state index in [9.17, 15) is 8.42 Å². The Hall–Kier alpha value is -1.11. The Labute approximate surface area is 121 Å². The van der Waals surface area contributed by atoms with Crippen molar-refractivity contribution in [2.45, 2.75) is 38.5 Å². The minimum Gasteiger partial charge on any atom is -0.492 e. The molecule has 0 aliphatic heterocycles. The summed E-state index contributed by atoms with van der Waals surface area (Å²) < 4.78 is 32.6. The van der Waals surface area contributed by atoms with Crippen molar-refractivity contribution in [2.75, 3.05) is 19.8 Å². The summed E-state index contributed by atoms with van der Waals surface area (Å²) in [6.07, 6.45) is 1.19. The molecule has 0 saturated heterocycles. The number of ether oxygens (including phenoxy) is 1. The molecule has 1 aromatic carbocycles. The number of benzene rings is 1. The van der Waals surface area contributed by atoms with E-state index in [1.54, 1.807) is 12.1 Å². The van der Waals surface area contributed by atoms with Crippen LogP contribution in [0.15, 0.2) is 17.0 Å². The maximum Gasteiger partial charge on any atom is 0.244 e. The van der Waals surface area contributed by atoms with E-state index >= 15 is 0 Å². The summed E-state index contributed by atoms with van der Waals surface area (Å²) >= 11 is 0. The van der Waals surface area contributed by atoms with Gasteiger partial charge in [-0.2, -0.15) is 0 Å². The highest BCUT2D eigenvalue weighted by atomic mass is 32.2. The van der Waals surface area contributed by atoms with Crippen molar-refractivity contribution in [3.8, 4) is 5.75 Å². The highest BCUT2D eigenvalue weighted by Crippen LogP contribution is 2.27. The summed E-state index contributed by atoms with van der Waals surface area (Å²) in [5.41, 5.74) is 1.89. The molecule has 6 heteroatoms. The molecule has 0 unspecified atom stereocenters. The molecule has 2 N–H and O–H groups in total. The van der Waals surface area contributed by atoms with Crippen LogP contribution in [0.5, 0.6) is 5.75 Å². The monoisotopic (exact) mass is 301 g/mol. The topological polar surface area (TPSA) is 75.6 Å². The summed E-state index contributed by atoms with van der Waals surface area (Å²) in [4.78, 5) is 0.159. The van der Waals surface area contributed by atoms with Gasteiger partial charge >= 0.3 is 0 Å². The van der Waals surface area contributed by atoms with E-state index in [1.165, 1.54) is 0 Å². The van der Waals surface area contributed by atoms with Crippen LogP contribution in [-0.2, 0) is 10.0 Å². The first-order valence-electron chi connectivity index (χ1n) is 6.77. The molecule has 0 atom stereocenters. The first kappa shape index (κ1) is 16.9. The average molecular weight is 301 g/mol. The van der Waals surface area contributed by atoms with Gasteiger partial charge in [0.2, 0.25) is 10.0 Å². The van der Waals surface area contributed by atoms with E-state index in [0.29, 0.717) is 18.8 Å². The number of rotatable bonds is 8. The predicted molar refractivity (Wildman–Crippen MR) is 78.6 cm³/mol. The summed E-state index contributed by atoms with van der Waals surface area (Å²) in [6.45, 7) is 6.39. The summed E-state index contributed by atoms with van der Waals surface area (Å²) in [5, 5.41) is 8.73. The molecule has 0 spiro atoms. The fourth-order valence-electron chi connectivity index (χ4n) is 1.66. The van der Waals surface area contributed by atoms with Crippen LogP contribution in [0.25, 0.3) is 0 Å². The van der Waals surface area contributed by atoms with Gasteiger partial charge < -0.3 is 9.84 Å². The van der Waals surface area contributed by atoms with E-state index in [1.807, 2.05) is 20.8 Å². The van der Waals surface area contributed by atoms with Crippen molar-refractivity contribution >= 4 is 10.0 Å². The molecular formula is C14H23NO4S. The van der Waals surface area contributed by atoms with Crippen molar-refractivity contribution in [1.29, 1.82) is 0 Å². The van der Waals surface area contributed by atoms with Crippen LogP contribution in [0, 0.1) is 13.8 Å². The number of hydrogen-bond donors (Lipinski definition) is 2. The predicted octanol–water partition coefficient (Wildman–Crippen LogP) is 1.75. The smallest absolute Gasteiger partial charge is 0.244 e. The van der Waals surface area contributed by atoms with Gasteiger partial charge in [-0.15, -0.1) is 0 Å². The molecule has 20 heavy (non-hydrogen) atoms. The largest absolute Gasteiger partial charge is 0.492 e. The van der Waals surface area contributed by atoms with E-state index in [2.05, 4.69) is 4.72 Å². The molecule has 1 rings (SSSR count). The van der Waals surface area contributed by atoms with Gasteiger partial charge in [-0.05, 0) is 49.9 Å². The normalized spacial score (nSPS) is 11.6. The van der Waals surface area contributed by atoms with E-state index < -0.39 is 10.0 Å². The van der Waals surface area contributed by atoms with Crippen molar-refractivity contribution in [1.82, 2.24) is 4.72 Å². The third kappa shape index (κ3) is 4.47. The molecule has 1 aromatic rings. The Morgan fingerprint density at radius 3 is 2.50 bits per heavy atom. The number of sulfonamides is 1. The quantitative estimate of drug-likeness (QED) is 0.717. The Kier molecular flexibility index (Phi) is 6.45. The highest BCUT2D eigenvalue weighted by molar-refractivity contribution is 7.89. The molecule has 0 radical (unpaired) electrons. The molecule has 0 aliphatic carbocycles. The molecule has 0 aromatic heterocycles. The minimum atomic E-state index is -3.62. The lowest BCUT2D eigenvalue weighted by Crippen LogP contribution is -2.26. The second-order valence-electron chi connectivity index (χ2n) is 4.71. The van der Waals surface area contributed by atoms with Crippen LogP contribution in [0.1, 0.15) is 30.9 Å². The zero-order valence-corrected chi connectivity index (χ0v) is 13.1. The second-order valence-corrected chi connectivity index (χ2v) is 6.44. The van der Waals surface area contributed by atoms with E-state index in [0.717, 1.165) is 17.5 Å². The van der Waals surface area contributed by atoms with Crippen LogP contribution in [0.2, 0.25) is 0 Å². The molecular weight excluding hydrogens is 278 g/mol. The van der Waals surface area contributed by atoms with Gasteiger partial charge in [-0.3, -0.25) is 0 Å². The Balaban J connectivity index is 3.10. The van der Waals surface area contributed by atoms with Crippen LogP contribution in [0.4, 0.5) is 0 Å². The second kappa shape index (κ2) is 7.61. The molecule has 114 valence electrons. The van der Waals surface area contributed by atoms with Crippen molar-refractivity contribution in [2.24, 2.45) is 0 Å². The van der Waals surface area contributed by atoms with Crippen molar-refractivity contribution < 1.29 is 18.3 Å². The molecule has 5 nitrogen and oxygen atoms in total. The first-order chi connectivity index (χ1) is 9.42. The Morgan fingerprint density at radius 2 is 1.90 bits per heavy atom. The molecule has 0 saturated carbocycles. The lowest BCUT2D eigenvalue weighted by atomic mass is 10.1. The summed E-state index contributed by atoms with van der Waals surface area (Å²) in [5.74, 6) is 0.381. The number of nitrogens with one attached hydrogen (secondary N) is 1.